The second-order valence-electron chi connectivity index (χ2n) is 4.35. The predicted molar refractivity (Wildman–Crippen MR) is 81.5 cm³/mol. The van der Waals surface area contributed by atoms with Crippen molar-refractivity contribution in [3.63, 3.8) is 0 Å². The molecule has 1 amide bonds. The van der Waals surface area contributed by atoms with Gasteiger partial charge in [-0.2, -0.15) is 0 Å². The van der Waals surface area contributed by atoms with Crippen LogP contribution in [0.3, 0.4) is 0 Å². The molecule has 0 fully saturated rings. The van der Waals surface area contributed by atoms with Crippen LogP contribution >= 0.6 is 11.6 Å². The highest BCUT2D eigenvalue weighted by molar-refractivity contribution is 6.30. The SMILES string of the molecule is COc1ccc(OC)c(C(=O)Nc2cnc(Cl)c(C)c2)c1. The van der Waals surface area contributed by atoms with E-state index in [9.17, 15) is 4.79 Å². The number of ether oxygens (including phenoxy) is 2. The van der Waals surface area contributed by atoms with Crippen LogP contribution in [-0.4, -0.2) is 25.1 Å². The molecule has 1 N–H and O–H groups in total. The van der Waals surface area contributed by atoms with Gasteiger partial charge in [-0.15, -0.1) is 0 Å². The van der Waals surface area contributed by atoms with E-state index in [1.807, 2.05) is 6.92 Å². The Balaban J connectivity index is 2.28. The molecule has 0 bridgehead atoms. The van der Waals surface area contributed by atoms with Crippen molar-refractivity contribution in [2.75, 3.05) is 19.5 Å². The molecule has 0 saturated carbocycles. The Bertz CT molecular complexity index is 674. The van der Waals surface area contributed by atoms with E-state index in [0.717, 1.165) is 5.56 Å². The molecule has 0 saturated heterocycles. The molecule has 0 aliphatic rings. The molecule has 5 nitrogen and oxygen atoms in total. The van der Waals surface area contributed by atoms with Crippen LogP contribution in [0.2, 0.25) is 5.15 Å². The smallest absolute Gasteiger partial charge is 0.259 e. The summed E-state index contributed by atoms with van der Waals surface area (Å²) in [4.78, 5) is 16.3. The van der Waals surface area contributed by atoms with E-state index in [1.165, 1.54) is 20.4 Å². The van der Waals surface area contributed by atoms with Crippen molar-refractivity contribution < 1.29 is 14.3 Å². The average Bonchev–Trinajstić information content (AvgIpc) is 2.50. The van der Waals surface area contributed by atoms with Gasteiger partial charge < -0.3 is 14.8 Å². The molecular formula is C15H15ClN2O3. The van der Waals surface area contributed by atoms with Gasteiger partial charge in [0.2, 0.25) is 0 Å². The first-order valence-corrected chi connectivity index (χ1v) is 6.58. The number of carbonyl (C=O) groups is 1. The van der Waals surface area contributed by atoms with Gasteiger partial charge in [0.25, 0.3) is 5.91 Å². The second kappa shape index (κ2) is 6.45. The molecule has 1 aromatic carbocycles. The Hall–Kier alpha value is -2.27. The van der Waals surface area contributed by atoms with Crippen molar-refractivity contribution in [2.45, 2.75) is 6.92 Å². The number of halogens is 1. The monoisotopic (exact) mass is 306 g/mol. The third-order valence-corrected chi connectivity index (χ3v) is 3.32. The number of amides is 1. The van der Waals surface area contributed by atoms with Gasteiger partial charge in [0.15, 0.2) is 0 Å². The number of aromatic nitrogens is 1. The van der Waals surface area contributed by atoms with Gasteiger partial charge in [0, 0.05) is 0 Å². The quantitative estimate of drug-likeness (QED) is 0.880. The number of hydrogen-bond donors (Lipinski definition) is 1. The van der Waals surface area contributed by atoms with Gasteiger partial charge in [0.05, 0.1) is 31.7 Å². The number of hydrogen-bond acceptors (Lipinski definition) is 4. The van der Waals surface area contributed by atoms with Gasteiger partial charge in [-0.1, -0.05) is 11.6 Å². The van der Waals surface area contributed by atoms with Gasteiger partial charge in [-0.3, -0.25) is 4.79 Å². The average molecular weight is 307 g/mol. The summed E-state index contributed by atoms with van der Waals surface area (Å²) in [5.74, 6) is 0.729. The highest BCUT2D eigenvalue weighted by Gasteiger charge is 2.14. The maximum Gasteiger partial charge on any atom is 0.259 e. The summed E-state index contributed by atoms with van der Waals surface area (Å²) in [6.45, 7) is 1.82. The van der Waals surface area contributed by atoms with E-state index in [4.69, 9.17) is 21.1 Å². The molecule has 21 heavy (non-hydrogen) atoms. The highest BCUT2D eigenvalue weighted by atomic mass is 35.5. The first-order chi connectivity index (χ1) is 10.0. The molecule has 110 valence electrons. The lowest BCUT2D eigenvalue weighted by Gasteiger charge is -2.11. The molecule has 1 aromatic heterocycles. The summed E-state index contributed by atoms with van der Waals surface area (Å²) in [6, 6.07) is 6.77. The summed E-state index contributed by atoms with van der Waals surface area (Å²) in [5, 5.41) is 3.17. The Morgan fingerprint density at radius 3 is 2.62 bits per heavy atom. The normalized spacial score (nSPS) is 10.1. The zero-order valence-electron chi connectivity index (χ0n) is 11.9. The lowest BCUT2D eigenvalue weighted by Crippen LogP contribution is -2.13. The molecular weight excluding hydrogens is 292 g/mol. The number of benzene rings is 1. The van der Waals surface area contributed by atoms with Crippen LogP contribution in [0, 0.1) is 6.92 Å². The minimum atomic E-state index is -0.311. The molecule has 0 radical (unpaired) electrons. The number of carbonyl (C=O) groups excluding carboxylic acids is 1. The van der Waals surface area contributed by atoms with Crippen LogP contribution in [0.15, 0.2) is 30.5 Å². The number of pyridine rings is 1. The van der Waals surface area contributed by atoms with Crippen LogP contribution in [0.1, 0.15) is 15.9 Å². The van der Waals surface area contributed by atoms with E-state index in [-0.39, 0.29) is 5.91 Å². The summed E-state index contributed by atoms with van der Waals surface area (Å²) in [5.41, 5.74) is 1.73. The number of rotatable bonds is 4. The summed E-state index contributed by atoms with van der Waals surface area (Å²) in [7, 11) is 3.04. The van der Waals surface area contributed by atoms with Gasteiger partial charge in [0.1, 0.15) is 16.7 Å². The number of nitrogens with one attached hydrogen (secondary N) is 1. The zero-order valence-corrected chi connectivity index (χ0v) is 12.7. The Morgan fingerprint density at radius 1 is 1.24 bits per heavy atom. The Kier molecular flexibility index (Phi) is 4.65. The number of nitrogens with zero attached hydrogens (tertiary/aromatic N) is 1. The molecule has 0 aliphatic carbocycles. The highest BCUT2D eigenvalue weighted by Crippen LogP contribution is 2.25. The molecule has 6 heteroatoms. The second-order valence-corrected chi connectivity index (χ2v) is 4.71. The fourth-order valence-corrected chi connectivity index (χ4v) is 1.92. The topological polar surface area (TPSA) is 60.5 Å². The van der Waals surface area contributed by atoms with Crippen LogP contribution in [0.4, 0.5) is 5.69 Å². The Morgan fingerprint density at radius 2 is 2.00 bits per heavy atom. The first kappa shape index (κ1) is 15.1. The van der Waals surface area contributed by atoms with Crippen molar-refractivity contribution in [2.24, 2.45) is 0 Å². The largest absolute Gasteiger partial charge is 0.497 e. The third kappa shape index (κ3) is 3.44. The van der Waals surface area contributed by atoms with Crippen molar-refractivity contribution in [1.29, 1.82) is 0 Å². The molecule has 0 atom stereocenters. The lowest BCUT2D eigenvalue weighted by molar-refractivity contribution is 0.102. The van der Waals surface area contributed by atoms with Crippen LogP contribution in [0.25, 0.3) is 0 Å². The fourth-order valence-electron chi connectivity index (χ4n) is 1.82. The maximum atomic E-state index is 12.4. The molecule has 2 rings (SSSR count). The number of anilines is 1. The Labute approximate surface area is 127 Å². The molecule has 0 spiro atoms. The summed E-state index contributed by atoms with van der Waals surface area (Å²) < 4.78 is 10.3. The minimum Gasteiger partial charge on any atom is -0.497 e. The lowest BCUT2D eigenvalue weighted by atomic mass is 10.1. The summed E-state index contributed by atoms with van der Waals surface area (Å²) >= 11 is 5.86. The van der Waals surface area contributed by atoms with Crippen LogP contribution < -0.4 is 14.8 Å². The van der Waals surface area contributed by atoms with E-state index in [1.54, 1.807) is 24.3 Å². The number of aryl methyl sites for hydroxylation is 1. The predicted octanol–water partition coefficient (Wildman–Crippen LogP) is 3.31. The molecule has 2 aromatic rings. The summed E-state index contributed by atoms with van der Waals surface area (Å²) in [6.07, 6.45) is 1.50. The van der Waals surface area contributed by atoms with Gasteiger partial charge in [-0.25, -0.2) is 4.98 Å². The molecule has 0 unspecified atom stereocenters. The first-order valence-electron chi connectivity index (χ1n) is 6.20. The maximum absolute atomic E-state index is 12.4. The van der Waals surface area contributed by atoms with Gasteiger partial charge >= 0.3 is 0 Å². The standard InChI is InChI=1S/C15H15ClN2O3/c1-9-6-10(8-17-14(9)16)18-15(19)12-7-11(20-2)4-5-13(12)21-3/h4-8H,1-3H3,(H,18,19). The van der Waals surface area contributed by atoms with Crippen LogP contribution in [-0.2, 0) is 0 Å². The zero-order chi connectivity index (χ0) is 15.4. The van der Waals surface area contributed by atoms with Crippen molar-refractivity contribution in [1.82, 2.24) is 4.98 Å². The van der Waals surface area contributed by atoms with E-state index in [2.05, 4.69) is 10.3 Å². The van der Waals surface area contributed by atoms with E-state index in [0.29, 0.717) is 27.9 Å². The van der Waals surface area contributed by atoms with E-state index >= 15 is 0 Å². The fraction of sp³-hybridized carbons (Fsp3) is 0.200. The van der Waals surface area contributed by atoms with Crippen LogP contribution in [0.5, 0.6) is 11.5 Å². The minimum absolute atomic E-state index is 0.311. The molecule has 1 heterocycles. The molecule has 0 aliphatic heterocycles. The van der Waals surface area contributed by atoms with E-state index < -0.39 is 0 Å². The van der Waals surface area contributed by atoms with Gasteiger partial charge in [-0.05, 0) is 36.8 Å². The van der Waals surface area contributed by atoms with Crippen molar-refractivity contribution in [3.8, 4) is 11.5 Å². The van der Waals surface area contributed by atoms with Crippen molar-refractivity contribution >= 4 is 23.2 Å². The third-order valence-electron chi connectivity index (χ3n) is 2.92. The number of methoxy groups -OCH3 is 2. The van der Waals surface area contributed by atoms with Crippen molar-refractivity contribution in [3.05, 3.63) is 46.7 Å².